The number of nitrogens with one attached hydrogen (secondary N) is 1. The Labute approximate surface area is 249 Å². The number of carbonyl (C=O) groups excluding carboxylic acids is 3. The Morgan fingerprint density at radius 2 is 1.36 bits per heavy atom. The number of aryl methyl sites for hydroxylation is 2. The zero-order chi connectivity index (χ0) is 29.8. The lowest BCUT2D eigenvalue weighted by Gasteiger charge is -2.51. The maximum absolute atomic E-state index is 14.2. The van der Waals surface area contributed by atoms with Crippen LogP contribution in [0.2, 0.25) is 0 Å². The standard InChI is InChI=1S/C35H46N4O3/c1-34-16-4-6-25(27(34)14-10-21-8-12-23(37)18-29(21)34)32(41)39(3)33(42)26-7-5-17-35(2)28(26)15-11-22-9-13-24(19-30(22)35)38-31(40)20-36/h8-9,12-13,18-19,25-28H,4-7,10-11,14-17,20,36-37H2,1-3H3,(H,38,40). The van der Waals surface area contributed by atoms with Crippen molar-refractivity contribution < 1.29 is 14.4 Å². The highest BCUT2D eigenvalue weighted by Crippen LogP contribution is 2.55. The molecule has 224 valence electrons. The maximum Gasteiger partial charge on any atom is 0.238 e. The van der Waals surface area contributed by atoms with E-state index >= 15 is 0 Å². The van der Waals surface area contributed by atoms with Crippen LogP contribution in [0.4, 0.5) is 11.4 Å². The number of nitrogen functional groups attached to an aromatic ring is 1. The summed E-state index contributed by atoms with van der Waals surface area (Å²) in [5.74, 6) is -0.198. The second-order valence-corrected chi connectivity index (χ2v) is 13.9. The largest absolute Gasteiger partial charge is 0.399 e. The fourth-order valence-electron chi connectivity index (χ4n) is 9.53. The van der Waals surface area contributed by atoms with Crippen molar-refractivity contribution in [2.75, 3.05) is 24.6 Å². The summed E-state index contributed by atoms with van der Waals surface area (Å²) in [5, 5.41) is 2.90. The zero-order valence-corrected chi connectivity index (χ0v) is 25.4. The summed E-state index contributed by atoms with van der Waals surface area (Å²) in [6.07, 6.45) is 9.35. The van der Waals surface area contributed by atoms with Crippen LogP contribution in [0.3, 0.4) is 0 Å². The molecule has 0 bridgehead atoms. The molecule has 4 aliphatic carbocycles. The number of anilines is 2. The molecule has 2 fully saturated rings. The van der Waals surface area contributed by atoms with E-state index in [4.69, 9.17) is 11.5 Å². The first-order valence-electron chi connectivity index (χ1n) is 15.9. The normalized spacial score (nSPS) is 31.5. The molecule has 5 N–H and O–H groups in total. The molecule has 2 aromatic rings. The predicted molar refractivity (Wildman–Crippen MR) is 166 cm³/mol. The number of benzene rings is 2. The van der Waals surface area contributed by atoms with Crippen LogP contribution >= 0.6 is 0 Å². The van der Waals surface area contributed by atoms with Gasteiger partial charge in [-0.1, -0.05) is 38.8 Å². The van der Waals surface area contributed by atoms with Gasteiger partial charge in [-0.25, -0.2) is 0 Å². The molecule has 6 rings (SSSR count). The highest BCUT2D eigenvalue weighted by atomic mass is 16.2. The molecule has 2 saturated carbocycles. The maximum atomic E-state index is 14.2. The number of carbonyl (C=O) groups is 3. The summed E-state index contributed by atoms with van der Waals surface area (Å²) in [4.78, 5) is 41.9. The van der Waals surface area contributed by atoms with E-state index in [1.807, 2.05) is 12.1 Å². The van der Waals surface area contributed by atoms with Gasteiger partial charge in [0.15, 0.2) is 0 Å². The minimum Gasteiger partial charge on any atom is -0.399 e. The van der Waals surface area contributed by atoms with Crippen molar-refractivity contribution in [3.63, 3.8) is 0 Å². The Morgan fingerprint density at radius 3 is 1.90 bits per heavy atom. The Hall–Kier alpha value is -3.19. The number of amides is 3. The van der Waals surface area contributed by atoms with Gasteiger partial charge in [0.1, 0.15) is 0 Å². The molecule has 0 aliphatic heterocycles. The molecular weight excluding hydrogens is 524 g/mol. The quantitative estimate of drug-likeness (QED) is 0.350. The smallest absolute Gasteiger partial charge is 0.238 e. The Balaban J connectivity index is 1.24. The molecule has 42 heavy (non-hydrogen) atoms. The van der Waals surface area contributed by atoms with E-state index in [1.54, 1.807) is 7.05 Å². The summed E-state index contributed by atoms with van der Waals surface area (Å²) in [7, 11) is 1.73. The predicted octanol–water partition coefficient (Wildman–Crippen LogP) is 5.09. The van der Waals surface area contributed by atoms with Crippen LogP contribution in [0.15, 0.2) is 36.4 Å². The summed E-state index contributed by atoms with van der Waals surface area (Å²) in [6.45, 7) is 4.53. The van der Waals surface area contributed by atoms with Crippen molar-refractivity contribution in [3.8, 4) is 0 Å². The Kier molecular flexibility index (Phi) is 7.45. The number of nitrogens with two attached hydrogens (primary N) is 2. The number of hydrogen-bond donors (Lipinski definition) is 3. The second-order valence-electron chi connectivity index (χ2n) is 13.9. The molecule has 0 saturated heterocycles. The van der Waals surface area contributed by atoms with Crippen LogP contribution in [0.25, 0.3) is 0 Å². The first kappa shape index (κ1) is 28.9. The summed E-state index contributed by atoms with van der Waals surface area (Å²) >= 11 is 0. The molecule has 6 unspecified atom stereocenters. The third-order valence-corrected chi connectivity index (χ3v) is 11.7. The van der Waals surface area contributed by atoms with Gasteiger partial charge in [-0.2, -0.15) is 0 Å². The molecular formula is C35H46N4O3. The van der Waals surface area contributed by atoms with Gasteiger partial charge < -0.3 is 16.8 Å². The molecule has 2 aromatic carbocycles. The molecule has 0 heterocycles. The summed E-state index contributed by atoms with van der Waals surface area (Å²) < 4.78 is 0. The summed E-state index contributed by atoms with van der Waals surface area (Å²) in [5.41, 5.74) is 18.2. The van der Waals surface area contributed by atoms with Crippen molar-refractivity contribution in [2.45, 2.75) is 88.9 Å². The Morgan fingerprint density at radius 1 is 0.833 bits per heavy atom. The van der Waals surface area contributed by atoms with Crippen LogP contribution in [0.5, 0.6) is 0 Å². The highest BCUT2D eigenvalue weighted by molar-refractivity contribution is 5.97. The van der Waals surface area contributed by atoms with Gasteiger partial charge >= 0.3 is 0 Å². The van der Waals surface area contributed by atoms with Crippen LogP contribution in [-0.4, -0.2) is 36.2 Å². The molecule has 0 radical (unpaired) electrons. The number of fused-ring (bicyclic) bond motifs is 6. The van der Waals surface area contributed by atoms with E-state index in [0.717, 1.165) is 75.6 Å². The molecule has 4 aliphatic rings. The van der Waals surface area contributed by atoms with Gasteiger partial charge in [-0.05, 0) is 121 Å². The second kappa shape index (κ2) is 10.8. The monoisotopic (exact) mass is 570 g/mol. The van der Waals surface area contributed by atoms with Crippen molar-refractivity contribution in [1.82, 2.24) is 4.90 Å². The third-order valence-electron chi connectivity index (χ3n) is 11.7. The van der Waals surface area contributed by atoms with E-state index in [0.29, 0.717) is 0 Å². The van der Waals surface area contributed by atoms with E-state index < -0.39 is 0 Å². The zero-order valence-electron chi connectivity index (χ0n) is 25.4. The topological polar surface area (TPSA) is 119 Å². The minimum atomic E-state index is -0.215. The molecule has 0 aromatic heterocycles. The van der Waals surface area contributed by atoms with Crippen LogP contribution in [0.1, 0.15) is 87.5 Å². The average Bonchev–Trinajstić information content (AvgIpc) is 2.99. The molecule has 3 amide bonds. The van der Waals surface area contributed by atoms with Gasteiger partial charge in [-0.3, -0.25) is 19.3 Å². The van der Waals surface area contributed by atoms with E-state index in [2.05, 4.69) is 43.4 Å². The fourth-order valence-corrected chi connectivity index (χ4v) is 9.53. The van der Waals surface area contributed by atoms with Crippen molar-refractivity contribution >= 4 is 29.1 Å². The lowest BCUT2D eigenvalue weighted by molar-refractivity contribution is -0.154. The van der Waals surface area contributed by atoms with Gasteiger partial charge in [0.2, 0.25) is 17.7 Å². The number of hydrogen-bond acceptors (Lipinski definition) is 5. The van der Waals surface area contributed by atoms with Crippen LogP contribution in [0, 0.1) is 23.7 Å². The van der Waals surface area contributed by atoms with Gasteiger partial charge in [0.05, 0.1) is 6.54 Å². The lowest BCUT2D eigenvalue weighted by Crippen LogP contribution is -2.53. The van der Waals surface area contributed by atoms with Crippen LogP contribution < -0.4 is 16.8 Å². The molecule has 7 nitrogen and oxygen atoms in total. The summed E-state index contributed by atoms with van der Waals surface area (Å²) in [6, 6.07) is 12.4. The number of imide groups is 1. The third kappa shape index (κ3) is 4.64. The molecule has 6 atom stereocenters. The van der Waals surface area contributed by atoms with E-state index in [1.165, 1.54) is 27.2 Å². The van der Waals surface area contributed by atoms with E-state index in [9.17, 15) is 14.4 Å². The van der Waals surface area contributed by atoms with Crippen molar-refractivity contribution in [2.24, 2.45) is 29.4 Å². The first-order chi connectivity index (χ1) is 20.1. The van der Waals surface area contributed by atoms with Gasteiger partial charge in [0.25, 0.3) is 0 Å². The number of nitrogens with zero attached hydrogens (tertiary/aromatic N) is 1. The highest BCUT2D eigenvalue weighted by Gasteiger charge is 2.52. The lowest BCUT2D eigenvalue weighted by atomic mass is 9.54. The average molecular weight is 571 g/mol. The first-order valence-corrected chi connectivity index (χ1v) is 15.9. The van der Waals surface area contributed by atoms with Crippen LogP contribution in [-0.2, 0) is 38.1 Å². The molecule has 0 spiro atoms. The van der Waals surface area contributed by atoms with E-state index in [-0.39, 0.29) is 58.8 Å². The van der Waals surface area contributed by atoms with Crippen molar-refractivity contribution in [3.05, 3.63) is 58.7 Å². The number of rotatable bonds is 4. The minimum absolute atomic E-state index is 0.00135. The van der Waals surface area contributed by atoms with Crippen molar-refractivity contribution in [1.29, 1.82) is 0 Å². The Bertz CT molecular complexity index is 1420. The SMILES string of the molecule is CN(C(=O)C1CCCC2(C)c3cc(N)ccc3CCC12)C(=O)C1CCCC2(C)c3cc(NC(=O)CN)ccc3CCC12. The fraction of sp³-hybridized carbons (Fsp3) is 0.571. The van der Waals surface area contributed by atoms with Gasteiger partial charge in [-0.15, -0.1) is 0 Å². The van der Waals surface area contributed by atoms with Gasteiger partial charge in [0, 0.05) is 30.3 Å². The molecule has 7 heteroatoms.